The minimum Gasteiger partial charge on any atom is -0.508 e. The fraction of sp³-hybridized carbons (Fsp3) is 0. The zero-order valence-corrected chi connectivity index (χ0v) is 10.5. The van der Waals surface area contributed by atoms with Crippen LogP contribution < -0.4 is 4.74 Å². The van der Waals surface area contributed by atoms with E-state index >= 15 is 0 Å². The first-order valence-electron chi connectivity index (χ1n) is 5.96. The maximum absolute atomic E-state index is 12.0. The van der Waals surface area contributed by atoms with E-state index in [1.54, 1.807) is 0 Å². The van der Waals surface area contributed by atoms with Gasteiger partial charge in [0.2, 0.25) is 0 Å². The van der Waals surface area contributed by atoms with Crippen molar-refractivity contribution in [2.45, 2.75) is 0 Å². The number of carbonyl (C=O) groups is 3. The van der Waals surface area contributed by atoms with Crippen molar-refractivity contribution in [2.24, 2.45) is 0 Å². The first-order valence-corrected chi connectivity index (χ1v) is 5.96. The van der Waals surface area contributed by atoms with Gasteiger partial charge >= 0.3 is 17.9 Å². The molecule has 0 atom stereocenters. The Kier molecular flexibility index (Phi) is 2.91. The molecule has 0 bridgehead atoms. The van der Waals surface area contributed by atoms with E-state index in [-0.39, 0.29) is 28.2 Å². The molecule has 21 heavy (non-hydrogen) atoms. The first kappa shape index (κ1) is 12.9. The standard InChI is InChI=1S/C15H8O6/c16-9-2-4-10(5-3-9)20-13(17)8-1-6-11-12(7-8)15(19)21-14(11)18/h1-7,16H. The van der Waals surface area contributed by atoms with Crippen molar-refractivity contribution in [1.29, 1.82) is 0 Å². The van der Waals surface area contributed by atoms with Crippen LogP contribution in [0.5, 0.6) is 11.5 Å². The van der Waals surface area contributed by atoms with Crippen LogP contribution in [0.3, 0.4) is 0 Å². The molecule has 6 nitrogen and oxygen atoms in total. The SMILES string of the molecule is O=C(Oc1ccc(O)cc1)c1ccc2c(c1)C(=O)OC2=O. The van der Waals surface area contributed by atoms with Gasteiger partial charge in [0.1, 0.15) is 11.5 Å². The molecule has 6 heteroatoms. The highest BCUT2D eigenvalue weighted by molar-refractivity contribution is 6.15. The summed E-state index contributed by atoms with van der Waals surface area (Å²) >= 11 is 0. The predicted octanol–water partition coefficient (Wildman–Crippen LogP) is 1.92. The molecule has 1 aliphatic heterocycles. The summed E-state index contributed by atoms with van der Waals surface area (Å²) in [5, 5.41) is 9.14. The Morgan fingerprint density at radius 2 is 1.62 bits per heavy atom. The monoisotopic (exact) mass is 284 g/mol. The van der Waals surface area contributed by atoms with Crippen LogP contribution in [-0.4, -0.2) is 23.0 Å². The van der Waals surface area contributed by atoms with E-state index in [2.05, 4.69) is 4.74 Å². The van der Waals surface area contributed by atoms with Gasteiger partial charge < -0.3 is 14.6 Å². The van der Waals surface area contributed by atoms with Gasteiger partial charge in [0.05, 0.1) is 16.7 Å². The number of esters is 3. The van der Waals surface area contributed by atoms with Crippen molar-refractivity contribution in [2.75, 3.05) is 0 Å². The number of fused-ring (bicyclic) bond motifs is 1. The molecule has 1 aliphatic rings. The lowest BCUT2D eigenvalue weighted by Gasteiger charge is -2.04. The largest absolute Gasteiger partial charge is 0.508 e. The molecule has 0 amide bonds. The first-order chi connectivity index (χ1) is 10.0. The highest BCUT2D eigenvalue weighted by Crippen LogP contribution is 2.22. The molecule has 0 saturated carbocycles. The molecular formula is C15H8O6. The molecule has 104 valence electrons. The second-order valence-corrected chi connectivity index (χ2v) is 4.32. The minimum absolute atomic E-state index is 0.0418. The van der Waals surface area contributed by atoms with E-state index in [0.29, 0.717) is 0 Å². The number of carbonyl (C=O) groups excluding carboxylic acids is 3. The van der Waals surface area contributed by atoms with E-state index < -0.39 is 17.9 Å². The number of cyclic esters (lactones) is 2. The summed E-state index contributed by atoms with van der Waals surface area (Å²) in [6.45, 7) is 0. The minimum atomic E-state index is -0.783. The molecule has 1 heterocycles. The third-order valence-corrected chi connectivity index (χ3v) is 2.93. The number of aromatic hydroxyl groups is 1. The van der Waals surface area contributed by atoms with Gasteiger partial charge in [0.15, 0.2) is 0 Å². The summed E-state index contributed by atoms with van der Waals surface area (Å²) in [5.74, 6) is -1.90. The fourth-order valence-corrected chi connectivity index (χ4v) is 1.89. The van der Waals surface area contributed by atoms with Crippen molar-refractivity contribution in [1.82, 2.24) is 0 Å². The Bertz CT molecular complexity index is 760. The van der Waals surface area contributed by atoms with E-state index in [1.807, 2.05) is 0 Å². The second-order valence-electron chi connectivity index (χ2n) is 4.32. The quantitative estimate of drug-likeness (QED) is 0.515. The molecule has 0 unspecified atom stereocenters. The third-order valence-electron chi connectivity index (χ3n) is 2.93. The molecule has 0 spiro atoms. The summed E-state index contributed by atoms with van der Waals surface area (Å²) < 4.78 is 9.53. The average Bonchev–Trinajstić information content (AvgIpc) is 2.76. The average molecular weight is 284 g/mol. The Morgan fingerprint density at radius 3 is 2.33 bits per heavy atom. The molecule has 0 saturated heterocycles. The van der Waals surface area contributed by atoms with Crippen LogP contribution in [0.4, 0.5) is 0 Å². The molecular weight excluding hydrogens is 276 g/mol. The number of benzene rings is 2. The van der Waals surface area contributed by atoms with Gasteiger partial charge in [-0.05, 0) is 42.5 Å². The summed E-state index contributed by atoms with van der Waals surface area (Å²) in [5.41, 5.74) is 0.287. The lowest BCUT2D eigenvalue weighted by molar-refractivity contribution is 0.0443. The summed E-state index contributed by atoms with van der Waals surface area (Å²) in [7, 11) is 0. The van der Waals surface area contributed by atoms with Crippen molar-refractivity contribution in [3.63, 3.8) is 0 Å². The lowest BCUT2D eigenvalue weighted by atomic mass is 10.1. The molecule has 0 aromatic heterocycles. The van der Waals surface area contributed by atoms with E-state index in [1.165, 1.54) is 42.5 Å². The van der Waals surface area contributed by atoms with Crippen molar-refractivity contribution in [3.05, 3.63) is 59.2 Å². The number of phenols is 1. The Morgan fingerprint density at radius 1 is 0.952 bits per heavy atom. The molecule has 3 rings (SSSR count). The molecule has 2 aromatic carbocycles. The summed E-state index contributed by atoms with van der Waals surface area (Å²) in [6.07, 6.45) is 0. The number of hydrogen-bond acceptors (Lipinski definition) is 6. The second kappa shape index (κ2) is 4.75. The van der Waals surface area contributed by atoms with Crippen LogP contribution in [0.25, 0.3) is 0 Å². The number of hydrogen-bond donors (Lipinski definition) is 1. The van der Waals surface area contributed by atoms with Crippen molar-refractivity contribution in [3.8, 4) is 11.5 Å². The van der Waals surface area contributed by atoms with Crippen molar-refractivity contribution >= 4 is 17.9 Å². The zero-order valence-electron chi connectivity index (χ0n) is 10.5. The number of phenolic OH excluding ortho intramolecular Hbond substituents is 1. The van der Waals surface area contributed by atoms with Gasteiger partial charge in [-0.2, -0.15) is 0 Å². The van der Waals surface area contributed by atoms with Crippen LogP contribution in [0.2, 0.25) is 0 Å². The summed E-state index contributed by atoms with van der Waals surface area (Å²) in [4.78, 5) is 34.7. The smallest absolute Gasteiger partial charge is 0.346 e. The summed E-state index contributed by atoms with van der Waals surface area (Å²) in [6, 6.07) is 9.59. The van der Waals surface area contributed by atoms with Gasteiger partial charge in [-0.3, -0.25) is 0 Å². The van der Waals surface area contributed by atoms with Crippen LogP contribution in [-0.2, 0) is 4.74 Å². The van der Waals surface area contributed by atoms with Gasteiger partial charge in [0, 0.05) is 0 Å². The van der Waals surface area contributed by atoms with Crippen LogP contribution in [0.1, 0.15) is 31.1 Å². The molecule has 2 aromatic rings. The maximum atomic E-state index is 12.0. The van der Waals surface area contributed by atoms with Gasteiger partial charge in [-0.15, -0.1) is 0 Å². The van der Waals surface area contributed by atoms with Gasteiger partial charge in [0.25, 0.3) is 0 Å². The van der Waals surface area contributed by atoms with E-state index in [0.717, 1.165) is 0 Å². The lowest BCUT2D eigenvalue weighted by Crippen LogP contribution is -2.09. The maximum Gasteiger partial charge on any atom is 0.346 e. The zero-order chi connectivity index (χ0) is 15.0. The predicted molar refractivity (Wildman–Crippen MR) is 69.3 cm³/mol. The van der Waals surface area contributed by atoms with Gasteiger partial charge in [-0.1, -0.05) is 0 Å². The van der Waals surface area contributed by atoms with Crippen molar-refractivity contribution < 1.29 is 29.0 Å². The Balaban J connectivity index is 1.86. The van der Waals surface area contributed by atoms with Gasteiger partial charge in [-0.25, -0.2) is 14.4 Å². The normalized spacial score (nSPS) is 12.8. The van der Waals surface area contributed by atoms with E-state index in [4.69, 9.17) is 9.84 Å². The highest BCUT2D eigenvalue weighted by Gasteiger charge is 2.30. The van der Waals surface area contributed by atoms with Crippen LogP contribution in [0, 0.1) is 0 Å². The Labute approximate surface area is 118 Å². The molecule has 0 fully saturated rings. The third kappa shape index (κ3) is 2.34. The molecule has 0 aliphatic carbocycles. The number of ether oxygens (including phenoxy) is 2. The highest BCUT2D eigenvalue weighted by atomic mass is 16.6. The molecule has 1 N–H and O–H groups in total. The fourth-order valence-electron chi connectivity index (χ4n) is 1.89. The Hall–Kier alpha value is -3.15. The topological polar surface area (TPSA) is 89.9 Å². The van der Waals surface area contributed by atoms with Crippen LogP contribution in [0.15, 0.2) is 42.5 Å². The van der Waals surface area contributed by atoms with Crippen LogP contribution >= 0.6 is 0 Å². The van der Waals surface area contributed by atoms with E-state index in [9.17, 15) is 14.4 Å². The number of rotatable bonds is 2. The molecule has 0 radical (unpaired) electrons.